The SMILES string of the molecule is CCOC(=O)c1cc2c([nH]1)=CC(=O)CC=2. The zero-order valence-electron chi connectivity index (χ0n) is 8.37. The van der Waals surface area contributed by atoms with Crippen LogP contribution in [-0.2, 0) is 9.53 Å². The van der Waals surface area contributed by atoms with E-state index in [2.05, 4.69) is 4.98 Å². The Morgan fingerprint density at radius 2 is 2.40 bits per heavy atom. The summed E-state index contributed by atoms with van der Waals surface area (Å²) in [6.07, 6.45) is 3.71. The minimum absolute atomic E-state index is 0.0414. The second kappa shape index (κ2) is 3.73. The number of esters is 1. The summed E-state index contributed by atoms with van der Waals surface area (Å²) >= 11 is 0. The zero-order chi connectivity index (χ0) is 10.8. The summed E-state index contributed by atoms with van der Waals surface area (Å²) in [5.74, 6) is -0.346. The highest BCUT2D eigenvalue weighted by molar-refractivity contribution is 6.09. The summed E-state index contributed by atoms with van der Waals surface area (Å²) in [5.41, 5.74) is 0.393. The van der Waals surface area contributed by atoms with E-state index >= 15 is 0 Å². The molecule has 0 radical (unpaired) electrons. The molecule has 1 aromatic heterocycles. The summed E-state index contributed by atoms with van der Waals surface area (Å²) < 4.78 is 4.85. The van der Waals surface area contributed by atoms with Gasteiger partial charge in [0.05, 0.1) is 6.61 Å². The van der Waals surface area contributed by atoms with Crippen LogP contribution in [0.15, 0.2) is 6.07 Å². The van der Waals surface area contributed by atoms with Crippen LogP contribution in [0.3, 0.4) is 0 Å². The van der Waals surface area contributed by atoms with Crippen LogP contribution in [0.5, 0.6) is 0 Å². The summed E-state index contributed by atoms with van der Waals surface area (Å²) in [6.45, 7) is 2.09. The Hall–Kier alpha value is -1.84. The van der Waals surface area contributed by atoms with Crippen molar-refractivity contribution in [2.24, 2.45) is 0 Å². The van der Waals surface area contributed by atoms with E-state index < -0.39 is 0 Å². The van der Waals surface area contributed by atoms with Gasteiger partial charge in [-0.3, -0.25) is 4.79 Å². The van der Waals surface area contributed by atoms with Crippen LogP contribution in [0.2, 0.25) is 0 Å². The third-order valence-corrected chi connectivity index (χ3v) is 2.20. The predicted octanol–water partition coefficient (Wildman–Crippen LogP) is -0.275. The lowest BCUT2D eigenvalue weighted by molar-refractivity contribution is -0.112. The van der Waals surface area contributed by atoms with Gasteiger partial charge < -0.3 is 9.72 Å². The lowest BCUT2D eigenvalue weighted by atomic mass is 10.1. The minimum atomic E-state index is -0.388. The molecule has 1 aliphatic carbocycles. The molecule has 2 rings (SSSR count). The van der Waals surface area contributed by atoms with E-state index in [1.807, 2.05) is 0 Å². The van der Waals surface area contributed by atoms with Crippen LogP contribution in [0.1, 0.15) is 23.8 Å². The van der Waals surface area contributed by atoms with Gasteiger partial charge in [-0.05, 0) is 18.2 Å². The number of aromatic amines is 1. The van der Waals surface area contributed by atoms with Crippen molar-refractivity contribution in [3.63, 3.8) is 0 Å². The van der Waals surface area contributed by atoms with Gasteiger partial charge in [0.2, 0.25) is 0 Å². The Morgan fingerprint density at radius 3 is 3.13 bits per heavy atom. The second-order valence-electron chi connectivity index (χ2n) is 3.29. The standard InChI is InChI=1S/C11H11NO3/c1-2-15-11(14)10-5-7-3-4-8(13)6-9(7)12-10/h3,5-6,12H,2,4H2,1H3. The average molecular weight is 205 g/mol. The number of hydrogen-bond donors (Lipinski definition) is 1. The maximum Gasteiger partial charge on any atom is 0.354 e. The van der Waals surface area contributed by atoms with Crippen LogP contribution < -0.4 is 10.6 Å². The van der Waals surface area contributed by atoms with Crippen molar-refractivity contribution in [3.8, 4) is 0 Å². The Morgan fingerprint density at radius 1 is 1.60 bits per heavy atom. The Bertz CT molecular complexity index is 525. The van der Waals surface area contributed by atoms with E-state index in [1.54, 1.807) is 19.1 Å². The number of carbonyl (C=O) groups is 2. The first-order valence-corrected chi connectivity index (χ1v) is 4.81. The molecular weight excluding hydrogens is 194 g/mol. The van der Waals surface area contributed by atoms with Gasteiger partial charge in [0.1, 0.15) is 5.69 Å². The molecule has 0 amide bonds. The predicted molar refractivity (Wildman–Crippen MR) is 54.6 cm³/mol. The molecule has 78 valence electrons. The number of rotatable bonds is 2. The van der Waals surface area contributed by atoms with Gasteiger partial charge in [0.15, 0.2) is 5.78 Å². The summed E-state index contributed by atoms with van der Waals surface area (Å²) in [4.78, 5) is 25.4. The van der Waals surface area contributed by atoms with Gasteiger partial charge in [-0.2, -0.15) is 0 Å². The molecule has 0 bridgehead atoms. The highest BCUT2D eigenvalue weighted by atomic mass is 16.5. The van der Waals surface area contributed by atoms with Gasteiger partial charge in [0.25, 0.3) is 0 Å². The van der Waals surface area contributed by atoms with Crippen LogP contribution in [0, 0.1) is 0 Å². The summed E-state index contributed by atoms with van der Waals surface area (Å²) in [6, 6.07) is 1.70. The summed E-state index contributed by atoms with van der Waals surface area (Å²) in [5, 5.41) is 1.58. The lowest BCUT2D eigenvalue weighted by Gasteiger charge is -1.96. The first-order chi connectivity index (χ1) is 7.20. The van der Waals surface area contributed by atoms with Gasteiger partial charge in [-0.15, -0.1) is 0 Å². The van der Waals surface area contributed by atoms with Crippen molar-refractivity contribution in [2.75, 3.05) is 6.61 Å². The maximum absolute atomic E-state index is 11.4. The van der Waals surface area contributed by atoms with Gasteiger partial charge in [-0.1, -0.05) is 6.08 Å². The number of H-pyrrole nitrogens is 1. The molecule has 0 spiro atoms. The number of Topliss-reactive ketones (excluding diaryl/α,β-unsaturated/α-hetero) is 1. The third-order valence-electron chi connectivity index (χ3n) is 2.20. The van der Waals surface area contributed by atoms with Gasteiger partial charge >= 0.3 is 5.97 Å². The number of fused-ring (bicyclic) bond motifs is 1. The number of carbonyl (C=O) groups excluding carboxylic acids is 2. The van der Waals surface area contributed by atoms with Crippen molar-refractivity contribution < 1.29 is 14.3 Å². The quantitative estimate of drug-likeness (QED) is 0.676. The molecule has 15 heavy (non-hydrogen) atoms. The van der Waals surface area contributed by atoms with E-state index in [9.17, 15) is 9.59 Å². The average Bonchev–Trinajstić information content (AvgIpc) is 2.60. The van der Waals surface area contributed by atoms with Crippen molar-refractivity contribution >= 4 is 23.9 Å². The lowest BCUT2D eigenvalue weighted by Crippen LogP contribution is -2.27. The molecule has 1 aromatic rings. The Balaban J connectivity index is 2.43. The van der Waals surface area contributed by atoms with Crippen LogP contribution in [0.25, 0.3) is 12.2 Å². The van der Waals surface area contributed by atoms with Crippen molar-refractivity contribution in [3.05, 3.63) is 22.3 Å². The van der Waals surface area contributed by atoms with Crippen molar-refractivity contribution in [1.82, 2.24) is 4.98 Å². The van der Waals surface area contributed by atoms with Crippen LogP contribution in [-0.4, -0.2) is 23.3 Å². The molecule has 0 fully saturated rings. The number of nitrogens with one attached hydrogen (secondary N) is 1. The molecule has 0 aromatic carbocycles. The number of ether oxygens (including phenoxy) is 1. The molecule has 4 nitrogen and oxygen atoms in total. The topological polar surface area (TPSA) is 59.2 Å². The highest BCUT2D eigenvalue weighted by Crippen LogP contribution is 1.95. The number of ketones is 1. The van der Waals surface area contributed by atoms with Crippen LogP contribution >= 0.6 is 0 Å². The number of hydrogen-bond acceptors (Lipinski definition) is 3. The molecule has 0 aliphatic heterocycles. The fourth-order valence-corrected chi connectivity index (χ4v) is 1.52. The molecule has 4 heteroatoms. The molecule has 1 N–H and O–H groups in total. The van der Waals surface area contributed by atoms with E-state index in [1.165, 1.54) is 6.08 Å². The third kappa shape index (κ3) is 1.83. The van der Waals surface area contributed by atoms with Gasteiger partial charge in [-0.25, -0.2) is 4.79 Å². The molecule has 1 heterocycles. The molecular formula is C11H11NO3. The zero-order valence-corrected chi connectivity index (χ0v) is 8.37. The van der Waals surface area contributed by atoms with Gasteiger partial charge in [0, 0.05) is 17.8 Å². The van der Waals surface area contributed by atoms with E-state index in [0.717, 1.165) is 5.22 Å². The van der Waals surface area contributed by atoms with Crippen molar-refractivity contribution in [1.29, 1.82) is 0 Å². The van der Waals surface area contributed by atoms with E-state index in [-0.39, 0.29) is 11.8 Å². The molecule has 0 atom stereocenters. The molecule has 1 aliphatic rings. The monoisotopic (exact) mass is 205 g/mol. The Labute approximate surface area is 86.2 Å². The normalized spacial score (nSPS) is 13.8. The first-order valence-electron chi connectivity index (χ1n) is 4.81. The van der Waals surface area contributed by atoms with Crippen molar-refractivity contribution in [2.45, 2.75) is 13.3 Å². The smallest absolute Gasteiger partial charge is 0.354 e. The summed E-state index contributed by atoms with van der Waals surface area (Å²) in [7, 11) is 0. The van der Waals surface area contributed by atoms with Crippen LogP contribution in [0.4, 0.5) is 0 Å². The second-order valence-corrected chi connectivity index (χ2v) is 3.29. The minimum Gasteiger partial charge on any atom is -0.461 e. The fraction of sp³-hybridized carbons (Fsp3) is 0.273. The van der Waals surface area contributed by atoms with E-state index in [4.69, 9.17) is 4.74 Å². The molecule has 0 saturated carbocycles. The number of aromatic nitrogens is 1. The molecule has 0 unspecified atom stereocenters. The maximum atomic E-state index is 11.4. The molecule has 0 saturated heterocycles. The first kappa shape index (κ1) is 9.71. The Kier molecular flexibility index (Phi) is 2.41. The largest absolute Gasteiger partial charge is 0.461 e. The fourth-order valence-electron chi connectivity index (χ4n) is 1.52. The van der Waals surface area contributed by atoms with E-state index in [0.29, 0.717) is 24.1 Å². The highest BCUT2D eigenvalue weighted by Gasteiger charge is 2.10.